The molecule has 2 heterocycles. The Balaban J connectivity index is 1.68. The SMILES string of the molecule is CN1C(=O)C(=Cc2ccc(COc3ccc(F)cc3F)o2)SC1=S. The number of likely N-dealkylation sites (N-methyl/N-ethyl adjacent to an activating group) is 1. The number of nitrogens with zero attached hydrogens (tertiary/aromatic N) is 1. The van der Waals surface area contributed by atoms with Crippen LogP contribution in [0.15, 0.2) is 39.7 Å². The average Bonchev–Trinajstić information content (AvgIpc) is 3.08. The molecule has 1 aromatic carbocycles. The number of rotatable bonds is 4. The highest BCUT2D eigenvalue weighted by molar-refractivity contribution is 8.26. The Hall–Kier alpha value is -2.19. The fraction of sp³-hybridized carbons (Fsp3) is 0.125. The smallest absolute Gasteiger partial charge is 0.266 e. The number of carbonyl (C=O) groups excluding carboxylic acids is 1. The van der Waals surface area contributed by atoms with Crippen molar-refractivity contribution in [1.82, 2.24) is 4.90 Å². The summed E-state index contributed by atoms with van der Waals surface area (Å²) in [4.78, 5) is 13.8. The van der Waals surface area contributed by atoms with Crippen LogP contribution in [-0.2, 0) is 11.4 Å². The summed E-state index contributed by atoms with van der Waals surface area (Å²) >= 11 is 6.24. The highest BCUT2D eigenvalue weighted by Crippen LogP contribution is 2.31. The molecule has 1 aliphatic heterocycles. The monoisotopic (exact) mass is 367 g/mol. The van der Waals surface area contributed by atoms with Crippen molar-refractivity contribution in [2.45, 2.75) is 6.61 Å². The summed E-state index contributed by atoms with van der Waals surface area (Å²) in [5.74, 6) is -0.811. The number of amides is 1. The van der Waals surface area contributed by atoms with E-state index >= 15 is 0 Å². The van der Waals surface area contributed by atoms with Gasteiger partial charge in [0.1, 0.15) is 28.3 Å². The summed E-state index contributed by atoms with van der Waals surface area (Å²) in [6.07, 6.45) is 1.59. The first kappa shape index (κ1) is 16.7. The van der Waals surface area contributed by atoms with Gasteiger partial charge in [-0.25, -0.2) is 8.78 Å². The van der Waals surface area contributed by atoms with E-state index in [1.54, 1.807) is 25.3 Å². The highest BCUT2D eigenvalue weighted by atomic mass is 32.2. The van der Waals surface area contributed by atoms with Crippen LogP contribution in [0.2, 0.25) is 0 Å². The summed E-state index contributed by atoms with van der Waals surface area (Å²) in [6.45, 7) is -0.0227. The molecule has 8 heteroatoms. The Morgan fingerprint density at radius 1 is 1.33 bits per heavy atom. The zero-order chi connectivity index (χ0) is 17.3. The third-order valence-electron chi connectivity index (χ3n) is 3.21. The van der Waals surface area contributed by atoms with Gasteiger partial charge < -0.3 is 9.15 Å². The Labute approximate surface area is 146 Å². The standard InChI is InChI=1S/C16H11F2NO3S2/c1-19-15(20)14(24-16(19)23)7-10-3-4-11(22-10)8-21-13-5-2-9(17)6-12(13)18/h2-7H,8H2,1H3. The van der Waals surface area contributed by atoms with Crippen LogP contribution in [0.4, 0.5) is 8.78 Å². The zero-order valence-corrected chi connectivity index (χ0v) is 14.0. The van der Waals surface area contributed by atoms with Crippen LogP contribution < -0.4 is 4.74 Å². The van der Waals surface area contributed by atoms with Crippen LogP contribution in [0.25, 0.3) is 6.08 Å². The molecular weight excluding hydrogens is 356 g/mol. The molecule has 0 spiro atoms. The van der Waals surface area contributed by atoms with Crippen molar-refractivity contribution < 1.29 is 22.7 Å². The van der Waals surface area contributed by atoms with Crippen molar-refractivity contribution >= 4 is 40.3 Å². The molecule has 1 aliphatic rings. The van der Waals surface area contributed by atoms with Crippen LogP contribution in [0.1, 0.15) is 11.5 Å². The van der Waals surface area contributed by atoms with Gasteiger partial charge in [0.05, 0.1) is 4.91 Å². The van der Waals surface area contributed by atoms with E-state index in [-0.39, 0.29) is 18.3 Å². The van der Waals surface area contributed by atoms with Crippen LogP contribution in [-0.4, -0.2) is 22.2 Å². The number of hydrogen-bond donors (Lipinski definition) is 0. The van der Waals surface area contributed by atoms with E-state index in [4.69, 9.17) is 21.4 Å². The third-order valence-corrected chi connectivity index (χ3v) is 4.69. The second kappa shape index (κ2) is 6.74. The lowest BCUT2D eigenvalue weighted by Crippen LogP contribution is -2.22. The molecule has 1 saturated heterocycles. The second-order valence-electron chi connectivity index (χ2n) is 4.91. The normalized spacial score (nSPS) is 16.3. The van der Waals surface area contributed by atoms with E-state index in [0.29, 0.717) is 20.7 Å². The van der Waals surface area contributed by atoms with Gasteiger partial charge in [0.25, 0.3) is 5.91 Å². The van der Waals surface area contributed by atoms with Gasteiger partial charge in [0.2, 0.25) is 0 Å². The fourth-order valence-corrected chi connectivity index (χ4v) is 3.13. The molecule has 0 radical (unpaired) electrons. The minimum atomic E-state index is -0.784. The molecule has 4 nitrogen and oxygen atoms in total. The quantitative estimate of drug-likeness (QED) is 0.604. The molecule has 2 aromatic rings. The number of carbonyl (C=O) groups is 1. The first-order valence-corrected chi connectivity index (χ1v) is 8.04. The minimum absolute atomic E-state index is 0.0227. The molecule has 1 amide bonds. The average molecular weight is 367 g/mol. The Morgan fingerprint density at radius 2 is 2.12 bits per heavy atom. The van der Waals surface area contributed by atoms with Crippen molar-refractivity contribution in [3.05, 3.63) is 58.4 Å². The van der Waals surface area contributed by atoms with E-state index in [2.05, 4.69) is 0 Å². The summed E-state index contributed by atoms with van der Waals surface area (Å²) < 4.78 is 37.6. The van der Waals surface area contributed by atoms with Gasteiger partial charge in [-0.2, -0.15) is 0 Å². The lowest BCUT2D eigenvalue weighted by Gasteiger charge is -2.05. The first-order chi connectivity index (χ1) is 11.4. The molecule has 0 bridgehead atoms. The van der Waals surface area contributed by atoms with Gasteiger partial charge >= 0.3 is 0 Å². The number of halogens is 2. The van der Waals surface area contributed by atoms with Crippen molar-refractivity contribution in [2.75, 3.05) is 7.05 Å². The van der Waals surface area contributed by atoms with Crippen molar-refractivity contribution in [3.63, 3.8) is 0 Å². The Kier molecular flexibility index (Phi) is 4.68. The maximum atomic E-state index is 13.5. The molecule has 0 atom stereocenters. The number of benzene rings is 1. The largest absolute Gasteiger partial charge is 0.483 e. The van der Waals surface area contributed by atoms with E-state index in [1.807, 2.05) is 0 Å². The van der Waals surface area contributed by atoms with Gasteiger partial charge in [0, 0.05) is 19.2 Å². The van der Waals surface area contributed by atoms with Crippen LogP contribution >= 0.6 is 24.0 Å². The van der Waals surface area contributed by atoms with E-state index in [0.717, 1.165) is 12.1 Å². The van der Waals surface area contributed by atoms with Crippen molar-refractivity contribution in [2.24, 2.45) is 0 Å². The van der Waals surface area contributed by atoms with E-state index in [1.165, 1.54) is 22.7 Å². The Morgan fingerprint density at radius 3 is 2.79 bits per heavy atom. The molecule has 3 rings (SSSR count). The minimum Gasteiger partial charge on any atom is -0.483 e. The molecule has 1 aromatic heterocycles. The lowest BCUT2D eigenvalue weighted by molar-refractivity contribution is -0.121. The molecule has 1 fully saturated rings. The van der Waals surface area contributed by atoms with E-state index in [9.17, 15) is 13.6 Å². The number of furan rings is 1. The fourth-order valence-electron chi connectivity index (χ4n) is 1.97. The maximum absolute atomic E-state index is 13.5. The number of hydrogen-bond acceptors (Lipinski definition) is 5. The molecule has 0 aliphatic carbocycles. The first-order valence-electron chi connectivity index (χ1n) is 6.82. The van der Waals surface area contributed by atoms with Crippen LogP contribution in [0.3, 0.4) is 0 Å². The third kappa shape index (κ3) is 3.49. The molecule has 0 N–H and O–H groups in total. The summed E-state index contributed by atoms with van der Waals surface area (Å²) in [5.41, 5.74) is 0. The molecule has 0 unspecified atom stereocenters. The second-order valence-corrected chi connectivity index (χ2v) is 6.58. The predicted octanol–water partition coefficient (Wildman–Crippen LogP) is 3.97. The van der Waals surface area contributed by atoms with Gasteiger partial charge in [-0.1, -0.05) is 24.0 Å². The van der Waals surface area contributed by atoms with Crippen molar-refractivity contribution in [1.29, 1.82) is 0 Å². The number of thiocarbonyl (C=S) groups is 1. The topological polar surface area (TPSA) is 42.7 Å². The number of thioether (sulfide) groups is 1. The van der Waals surface area contributed by atoms with Gasteiger partial charge in [-0.15, -0.1) is 0 Å². The zero-order valence-electron chi connectivity index (χ0n) is 12.4. The molecular formula is C16H11F2NO3S2. The predicted molar refractivity (Wildman–Crippen MR) is 90.3 cm³/mol. The molecule has 24 heavy (non-hydrogen) atoms. The van der Waals surface area contributed by atoms with Crippen LogP contribution in [0.5, 0.6) is 5.75 Å². The van der Waals surface area contributed by atoms with Crippen LogP contribution in [0, 0.1) is 11.6 Å². The molecule has 124 valence electrons. The highest BCUT2D eigenvalue weighted by Gasteiger charge is 2.28. The Bertz CT molecular complexity index is 848. The number of ether oxygens (including phenoxy) is 1. The van der Waals surface area contributed by atoms with Gasteiger partial charge in [-0.3, -0.25) is 9.69 Å². The van der Waals surface area contributed by atoms with Crippen molar-refractivity contribution in [3.8, 4) is 5.75 Å². The van der Waals surface area contributed by atoms with Gasteiger partial charge in [0.15, 0.2) is 11.6 Å². The maximum Gasteiger partial charge on any atom is 0.266 e. The summed E-state index contributed by atoms with van der Waals surface area (Å²) in [5, 5.41) is 0. The summed E-state index contributed by atoms with van der Waals surface area (Å²) in [7, 11) is 1.61. The lowest BCUT2D eigenvalue weighted by atomic mass is 10.3. The van der Waals surface area contributed by atoms with Gasteiger partial charge in [-0.05, 0) is 24.3 Å². The summed E-state index contributed by atoms with van der Waals surface area (Å²) in [6, 6.07) is 6.39. The molecule has 0 saturated carbocycles. The van der Waals surface area contributed by atoms with E-state index < -0.39 is 11.6 Å².